The minimum Gasteiger partial charge on any atom is -0.437 e. The molecule has 2 aliphatic rings. The SMILES string of the molecule is CC(=O)N1CCN(Cc2cc(F)cnc2Oc2ccc3c(nnn3CC3CC3)c2Br)CC1. The summed E-state index contributed by atoms with van der Waals surface area (Å²) in [6.45, 7) is 5.70. The summed E-state index contributed by atoms with van der Waals surface area (Å²) in [5.41, 5.74) is 2.34. The predicted molar refractivity (Wildman–Crippen MR) is 120 cm³/mol. The molecule has 0 radical (unpaired) electrons. The third kappa shape index (κ3) is 4.47. The van der Waals surface area contributed by atoms with Crippen LogP contribution in [0.2, 0.25) is 0 Å². The maximum atomic E-state index is 14.0. The Morgan fingerprint density at radius 3 is 2.75 bits per heavy atom. The molecule has 0 unspecified atom stereocenters. The summed E-state index contributed by atoms with van der Waals surface area (Å²) in [5.74, 6) is 1.27. The van der Waals surface area contributed by atoms with Crippen LogP contribution < -0.4 is 4.74 Å². The molecule has 1 amide bonds. The van der Waals surface area contributed by atoms with Crippen LogP contribution >= 0.6 is 15.9 Å². The molecular formula is C22H24BrFN6O2. The first-order valence-electron chi connectivity index (χ1n) is 10.8. The molecule has 1 aliphatic carbocycles. The van der Waals surface area contributed by atoms with E-state index in [1.807, 2.05) is 21.7 Å². The highest BCUT2D eigenvalue weighted by Crippen LogP contribution is 2.37. The summed E-state index contributed by atoms with van der Waals surface area (Å²) in [7, 11) is 0. The van der Waals surface area contributed by atoms with E-state index >= 15 is 0 Å². The highest BCUT2D eigenvalue weighted by Gasteiger charge is 2.24. The van der Waals surface area contributed by atoms with Gasteiger partial charge in [-0.1, -0.05) is 5.21 Å². The minimum absolute atomic E-state index is 0.0791. The van der Waals surface area contributed by atoms with Crippen molar-refractivity contribution in [3.63, 3.8) is 0 Å². The quantitative estimate of drug-likeness (QED) is 0.512. The van der Waals surface area contributed by atoms with Crippen molar-refractivity contribution < 1.29 is 13.9 Å². The minimum atomic E-state index is -0.410. The Morgan fingerprint density at radius 1 is 1.25 bits per heavy atom. The van der Waals surface area contributed by atoms with E-state index in [1.165, 1.54) is 18.9 Å². The van der Waals surface area contributed by atoms with Gasteiger partial charge in [-0.3, -0.25) is 9.69 Å². The fourth-order valence-electron chi connectivity index (χ4n) is 3.98. The number of carbonyl (C=O) groups is 1. The second kappa shape index (κ2) is 8.74. The lowest BCUT2D eigenvalue weighted by Gasteiger charge is -2.34. The number of fused-ring (bicyclic) bond motifs is 1. The highest BCUT2D eigenvalue weighted by atomic mass is 79.9. The van der Waals surface area contributed by atoms with Gasteiger partial charge in [-0.2, -0.15) is 0 Å². The molecule has 3 heterocycles. The molecule has 32 heavy (non-hydrogen) atoms. The van der Waals surface area contributed by atoms with Crippen molar-refractivity contribution in [2.24, 2.45) is 5.92 Å². The van der Waals surface area contributed by atoms with Crippen LogP contribution in [-0.2, 0) is 17.9 Å². The van der Waals surface area contributed by atoms with Gasteiger partial charge in [0.1, 0.15) is 17.1 Å². The van der Waals surface area contributed by atoms with Crippen LogP contribution in [0.3, 0.4) is 0 Å². The smallest absolute Gasteiger partial charge is 0.223 e. The number of nitrogens with zero attached hydrogens (tertiary/aromatic N) is 6. The van der Waals surface area contributed by atoms with E-state index in [-0.39, 0.29) is 5.91 Å². The van der Waals surface area contributed by atoms with Gasteiger partial charge in [0.05, 0.1) is 16.2 Å². The van der Waals surface area contributed by atoms with Crippen LogP contribution in [0, 0.1) is 11.7 Å². The zero-order chi connectivity index (χ0) is 22.2. The van der Waals surface area contributed by atoms with Gasteiger partial charge in [0.2, 0.25) is 11.8 Å². The first-order chi connectivity index (χ1) is 15.5. The van der Waals surface area contributed by atoms with Gasteiger partial charge < -0.3 is 9.64 Å². The Hall–Kier alpha value is -2.59. The predicted octanol–water partition coefficient (Wildman–Crippen LogP) is 3.59. The summed E-state index contributed by atoms with van der Waals surface area (Å²) in [6.07, 6.45) is 3.64. The topological polar surface area (TPSA) is 76.4 Å². The van der Waals surface area contributed by atoms with Crippen LogP contribution in [0.15, 0.2) is 28.9 Å². The summed E-state index contributed by atoms with van der Waals surface area (Å²) in [5, 5.41) is 8.61. The summed E-state index contributed by atoms with van der Waals surface area (Å²) in [4.78, 5) is 19.8. The number of halogens is 2. The third-order valence-corrected chi connectivity index (χ3v) is 6.79. The maximum Gasteiger partial charge on any atom is 0.223 e. The number of pyridine rings is 1. The van der Waals surface area contributed by atoms with Gasteiger partial charge >= 0.3 is 0 Å². The maximum absolute atomic E-state index is 14.0. The number of carbonyl (C=O) groups excluding carboxylic acids is 1. The van der Waals surface area contributed by atoms with Crippen molar-refractivity contribution in [1.82, 2.24) is 29.8 Å². The van der Waals surface area contributed by atoms with Crippen LogP contribution in [0.4, 0.5) is 4.39 Å². The lowest BCUT2D eigenvalue weighted by atomic mass is 10.2. The number of amides is 1. The van der Waals surface area contributed by atoms with Gasteiger partial charge in [0.25, 0.3) is 0 Å². The van der Waals surface area contributed by atoms with E-state index < -0.39 is 5.82 Å². The van der Waals surface area contributed by atoms with E-state index in [4.69, 9.17) is 4.74 Å². The van der Waals surface area contributed by atoms with Crippen LogP contribution in [0.25, 0.3) is 11.0 Å². The molecule has 1 saturated carbocycles. The normalized spacial score (nSPS) is 17.2. The molecule has 1 aromatic carbocycles. The first-order valence-corrected chi connectivity index (χ1v) is 11.6. The van der Waals surface area contributed by atoms with E-state index in [9.17, 15) is 9.18 Å². The lowest BCUT2D eigenvalue weighted by molar-refractivity contribution is -0.130. The number of hydrogen-bond acceptors (Lipinski definition) is 6. The van der Waals surface area contributed by atoms with Gasteiger partial charge in [-0.15, -0.1) is 5.10 Å². The standard InChI is InChI=1S/C22H24BrFN6O2/c1-14(31)29-8-6-28(7-9-29)13-16-10-17(24)11-25-22(16)32-19-5-4-18-21(20(19)23)26-27-30(18)12-15-2-3-15/h4-5,10-11,15H,2-3,6-9,12-13H2,1H3. The lowest BCUT2D eigenvalue weighted by Crippen LogP contribution is -2.47. The number of ether oxygens (including phenoxy) is 1. The van der Waals surface area contributed by atoms with Crippen LogP contribution in [0.5, 0.6) is 11.6 Å². The molecule has 2 aromatic heterocycles. The molecule has 0 spiro atoms. The zero-order valence-electron chi connectivity index (χ0n) is 17.8. The zero-order valence-corrected chi connectivity index (χ0v) is 19.4. The number of hydrogen-bond donors (Lipinski definition) is 0. The van der Waals surface area contributed by atoms with Gasteiger partial charge in [0, 0.05) is 51.8 Å². The molecular weight excluding hydrogens is 479 g/mol. The van der Waals surface area contributed by atoms with Crippen molar-refractivity contribution in [2.75, 3.05) is 26.2 Å². The molecule has 1 aliphatic heterocycles. The molecule has 0 N–H and O–H groups in total. The van der Waals surface area contributed by atoms with E-state index in [2.05, 4.69) is 36.1 Å². The second-order valence-electron chi connectivity index (χ2n) is 8.46. The molecule has 0 bridgehead atoms. The van der Waals surface area contributed by atoms with E-state index in [0.717, 1.165) is 36.9 Å². The van der Waals surface area contributed by atoms with Crippen molar-refractivity contribution in [3.05, 3.63) is 40.2 Å². The first kappa shape index (κ1) is 21.3. The Labute approximate surface area is 193 Å². The average molecular weight is 503 g/mol. The number of benzene rings is 1. The number of aromatic nitrogens is 4. The highest BCUT2D eigenvalue weighted by molar-refractivity contribution is 9.10. The Morgan fingerprint density at radius 2 is 2.03 bits per heavy atom. The van der Waals surface area contributed by atoms with Gasteiger partial charge in [0.15, 0.2) is 0 Å². The fourth-order valence-corrected chi connectivity index (χ4v) is 4.48. The van der Waals surface area contributed by atoms with Crippen molar-refractivity contribution in [1.29, 1.82) is 0 Å². The van der Waals surface area contributed by atoms with Crippen LogP contribution in [-0.4, -0.2) is 61.9 Å². The summed E-state index contributed by atoms with van der Waals surface area (Å²) < 4.78 is 22.7. The van der Waals surface area contributed by atoms with E-state index in [1.54, 1.807) is 6.92 Å². The molecule has 2 fully saturated rings. The van der Waals surface area contributed by atoms with Gasteiger partial charge in [-0.05, 0) is 52.9 Å². The van der Waals surface area contributed by atoms with E-state index in [0.29, 0.717) is 47.2 Å². The van der Waals surface area contributed by atoms with Gasteiger partial charge in [-0.25, -0.2) is 14.1 Å². The number of piperazine rings is 1. The third-order valence-electron chi connectivity index (χ3n) is 6.03. The number of rotatable bonds is 6. The molecule has 168 valence electrons. The molecule has 3 aromatic rings. The molecule has 8 nitrogen and oxygen atoms in total. The Kier molecular flexibility index (Phi) is 5.81. The summed E-state index contributed by atoms with van der Waals surface area (Å²) in [6, 6.07) is 5.26. The van der Waals surface area contributed by atoms with Crippen molar-refractivity contribution in [2.45, 2.75) is 32.9 Å². The largest absolute Gasteiger partial charge is 0.437 e. The molecule has 1 saturated heterocycles. The fraction of sp³-hybridized carbons (Fsp3) is 0.455. The Balaban J connectivity index is 1.35. The van der Waals surface area contributed by atoms with Crippen molar-refractivity contribution >= 4 is 32.9 Å². The van der Waals surface area contributed by atoms with Crippen LogP contribution in [0.1, 0.15) is 25.3 Å². The summed E-state index contributed by atoms with van der Waals surface area (Å²) >= 11 is 3.60. The Bertz CT molecular complexity index is 1160. The molecule has 5 rings (SSSR count). The van der Waals surface area contributed by atoms with Crippen molar-refractivity contribution in [3.8, 4) is 11.6 Å². The second-order valence-corrected chi connectivity index (χ2v) is 9.26. The monoisotopic (exact) mass is 502 g/mol. The molecule has 0 atom stereocenters. The molecule has 10 heteroatoms. The average Bonchev–Trinajstić information content (AvgIpc) is 3.50.